The Hall–Kier alpha value is -1.70. The Morgan fingerprint density at radius 1 is 1.25 bits per heavy atom. The molecule has 2 rings (SSSR count). The first kappa shape index (κ1) is 14.7. The lowest BCUT2D eigenvalue weighted by atomic mass is 9.97. The number of hydrogen-bond donors (Lipinski definition) is 1. The van der Waals surface area contributed by atoms with Crippen LogP contribution in [0.4, 0.5) is 18.9 Å². The van der Waals surface area contributed by atoms with Gasteiger partial charge in [-0.05, 0) is 42.9 Å². The predicted molar refractivity (Wildman–Crippen MR) is 71.1 cm³/mol. The van der Waals surface area contributed by atoms with E-state index < -0.39 is 11.7 Å². The molecule has 0 spiro atoms. The molecule has 5 heteroatoms. The minimum Gasteiger partial charge on any atom is -0.382 e. The fraction of sp³-hybridized carbons (Fsp3) is 0.533. The zero-order chi connectivity index (χ0) is 14.9. The Balaban J connectivity index is 2.21. The molecule has 1 aromatic rings. The lowest BCUT2D eigenvalue weighted by Crippen LogP contribution is -2.24. The van der Waals surface area contributed by atoms with Gasteiger partial charge >= 0.3 is 6.18 Å². The van der Waals surface area contributed by atoms with E-state index in [2.05, 4.69) is 19.2 Å². The van der Waals surface area contributed by atoms with E-state index in [9.17, 15) is 13.2 Å². The van der Waals surface area contributed by atoms with Crippen LogP contribution in [0.5, 0.6) is 0 Å². The molecular weight excluding hydrogens is 265 g/mol. The second-order valence-electron chi connectivity index (χ2n) is 5.53. The first-order valence-corrected chi connectivity index (χ1v) is 6.71. The van der Waals surface area contributed by atoms with Gasteiger partial charge in [-0.1, -0.05) is 13.8 Å². The fourth-order valence-corrected chi connectivity index (χ4v) is 2.76. The zero-order valence-electron chi connectivity index (χ0n) is 11.5. The third-order valence-electron chi connectivity index (χ3n) is 4.26. The second-order valence-corrected chi connectivity index (χ2v) is 5.53. The highest BCUT2D eigenvalue weighted by Crippen LogP contribution is 2.35. The van der Waals surface area contributed by atoms with Crippen LogP contribution in [-0.2, 0) is 6.18 Å². The molecule has 0 heterocycles. The summed E-state index contributed by atoms with van der Waals surface area (Å²) < 4.78 is 38.1. The molecule has 0 aromatic heterocycles. The van der Waals surface area contributed by atoms with Gasteiger partial charge in [0.15, 0.2) is 0 Å². The van der Waals surface area contributed by atoms with Gasteiger partial charge in [-0.2, -0.15) is 18.4 Å². The van der Waals surface area contributed by atoms with Crippen LogP contribution in [0.25, 0.3) is 0 Å². The first-order valence-electron chi connectivity index (χ1n) is 6.71. The van der Waals surface area contributed by atoms with Gasteiger partial charge in [0.25, 0.3) is 0 Å². The van der Waals surface area contributed by atoms with Crippen molar-refractivity contribution in [2.75, 3.05) is 5.32 Å². The number of nitrogens with zero attached hydrogens (tertiary/aromatic N) is 1. The van der Waals surface area contributed by atoms with Crippen LogP contribution in [0, 0.1) is 23.2 Å². The summed E-state index contributed by atoms with van der Waals surface area (Å²) >= 11 is 0. The number of nitrogens with one attached hydrogen (secondary N) is 1. The van der Waals surface area contributed by atoms with Crippen molar-refractivity contribution in [3.63, 3.8) is 0 Å². The molecule has 0 radical (unpaired) electrons. The van der Waals surface area contributed by atoms with Crippen molar-refractivity contribution >= 4 is 5.69 Å². The number of benzene rings is 1. The molecule has 3 unspecified atom stereocenters. The maximum atomic E-state index is 12.7. The van der Waals surface area contributed by atoms with Crippen LogP contribution < -0.4 is 5.32 Å². The van der Waals surface area contributed by atoms with Crippen molar-refractivity contribution in [1.82, 2.24) is 0 Å². The van der Waals surface area contributed by atoms with Gasteiger partial charge in [-0.25, -0.2) is 0 Å². The SMILES string of the molecule is CC1CCC(Nc2ccc(C(F)(F)F)c(C#N)c2)C1C. The Labute approximate surface area is 116 Å². The number of halogens is 3. The highest BCUT2D eigenvalue weighted by molar-refractivity contribution is 5.54. The predicted octanol–water partition coefficient (Wildman–Crippen LogP) is 4.42. The maximum absolute atomic E-state index is 12.7. The molecule has 0 amide bonds. The topological polar surface area (TPSA) is 35.8 Å². The summed E-state index contributed by atoms with van der Waals surface area (Å²) in [5.41, 5.74) is -0.625. The third-order valence-corrected chi connectivity index (χ3v) is 4.26. The van der Waals surface area contributed by atoms with Crippen LogP contribution in [0.2, 0.25) is 0 Å². The van der Waals surface area contributed by atoms with E-state index in [0.717, 1.165) is 18.9 Å². The molecule has 1 aliphatic carbocycles. The van der Waals surface area contributed by atoms with E-state index in [1.807, 2.05) is 0 Å². The van der Waals surface area contributed by atoms with Crippen LogP contribution in [0.1, 0.15) is 37.8 Å². The molecular formula is C15H17F3N2. The summed E-state index contributed by atoms with van der Waals surface area (Å²) in [7, 11) is 0. The summed E-state index contributed by atoms with van der Waals surface area (Å²) in [6.07, 6.45) is -2.37. The van der Waals surface area contributed by atoms with E-state index in [1.54, 1.807) is 6.07 Å². The number of rotatable bonds is 2. The highest BCUT2D eigenvalue weighted by Gasteiger charge is 2.34. The normalized spacial score (nSPS) is 26.3. The largest absolute Gasteiger partial charge is 0.417 e. The van der Waals surface area contributed by atoms with Gasteiger partial charge in [0, 0.05) is 11.7 Å². The molecule has 1 aliphatic rings. The number of anilines is 1. The van der Waals surface area contributed by atoms with Crippen molar-refractivity contribution in [3.05, 3.63) is 29.3 Å². The van der Waals surface area contributed by atoms with Gasteiger partial charge in [0.1, 0.15) is 0 Å². The van der Waals surface area contributed by atoms with Gasteiger partial charge in [0.2, 0.25) is 0 Å². The molecule has 20 heavy (non-hydrogen) atoms. The summed E-state index contributed by atoms with van der Waals surface area (Å²) in [6, 6.07) is 5.55. The van der Waals surface area contributed by atoms with Gasteiger partial charge in [-0.15, -0.1) is 0 Å². The van der Waals surface area contributed by atoms with Crippen molar-refractivity contribution in [2.45, 2.75) is 38.9 Å². The molecule has 1 aromatic carbocycles. The molecule has 0 saturated heterocycles. The average Bonchev–Trinajstić information content (AvgIpc) is 2.69. The maximum Gasteiger partial charge on any atom is 0.417 e. The van der Waals surface area contributed by atoms with Crippen LogP contribution in [0.3, 0.4) is 0 Å². The van der Waals surface area contributed by atoms with Crippen LogP contribution >= 0.6 is 0 Å². The number of nitriles is 1. The van der Waals surface area contributed by atoms with Crippen molar-refractivity contribution in [2.24, 2.45) is 11.8 Å². The Bertz CT molecular complexity index is 531. The summed E-state index contributed by atoms with van der Waals surface area (Å²) in [5, 5.41) is 12.1. The number of hydrogen-bond acceptors (Lipinski definition) is 2. The van der Waals surface area contributed by atoms with Gasteiger partial charge < -0.3 is 5.32 Å². The first-order chi connectivity index (χ1) is 9.32. The monoisotopic (exact) mass is 282 g/mol. The molecule has 0 aliphatic heterocycles. The average molecular weight is 282 g/mol. The number of alkyl halides is 3. The highest BCUT2D eigenvalue weighted by atomic mass is 19.4. The minimum atomic E-state index is -4.49. The molecule has 1 saturated carbocycles. The van der Waals surface area contributed by atoms with E-state index >= 15 is 0 Å². The molecule has 108 valence electrons. The Morgan fingerprint density at radius 3 is 2.45 bits per heavy atom. The van der Waals surface area contributed by atoms with E-state index in [1.165, 1.54) is 12.1 Å². The molecule has 1 fully saturated rings. The molecule has 0 bridgehead atoms. The molecule has 1 N–H and O–H groups in total. The second kappa shape index (κ2) is 5.35. The Kier molecular flexibility index (Phi) is 3.94. The lowest BCUT2D eigenvalue weighted by Gasteiger charge is -2.21. The van der Waals surface area contributed by atoms with Crippen LogP contribution in [0.15, 0.2) is 18.2 Å². The standard InChI is InChI=1S/C15H17F3N2/c1-9-3-6-14(10(9)2)20-12-4-5-13(15(16,17)18)11(7-12)8-19/h4-5,7,9-10,14,20H,3,6H2,1-2H3. The van der Waals surface area contributed by atoms with Gasteiger partial charge in [-0.3, -0.25) is 0 Å². The summed E-state index contributed by atoms with van der Waals surface area (Å²) in [4.78, 5) is 0. The van der Waals surface area contributed by atoms with Crippen molar-refractivity contribution < 1.29 is 13.2 Å². The fourth-order valence-electron chi connectivity index (χ4n) is 2.76. The van der Waals surface area contributed by atoms with Gasteiger partial charge in [0.05, 0.1) is 17.2 Å². The lowest BCUT2D eigenvalue weighted by molar-refractivity contribution is -0.137. The van der Waals surface area contributed by atoms with Crippen molar-refractivity contribution in [3.8, 4) is 6.07 Å². The van der Waals surface area contributed by atoms with E-state index in [0.29, 0.717) is 17.5 Å². The Morgan fingerprint density at radius 2 is 1.95 bits per heavy atom. The smallest absolute Gasteiger partial charge is 0.382 e. The summed E-state index contributed by atoms with van der Waals surface area (Å²) in [6.45, 7) is 4.32. The molecule has 3 atom stereocenters. The molecule has 2 nitrogen and oxygen atoms in total. The summed E-state index contributed by atoms with van der Waals surface area (Å²) in [5.74, 6) is 1.08. The van der Waals surface area contributed by atoms with E-state index in [-0.39, 0.29) is 11.6 Å². The zero-order valence-corrected chi connectivity index (χ0v) is 11.5. The van der Waals surface area contributed by atoms with E-state index in [4.69, 9.17) is 5.26 Å². The minimum absolute atomic E-state index is 0.258. The quantitative estimate of drug-likeness (QED) is 0.871. The third kappa shape index (κ3) is 2.90. The van der Waals surface area contributed by atoms with Crippen LogP contribution in [-0.4, -0.2) is 6.04 Å². The van der Waals surface area contributed by atoms with Crippen molar-refractivity contribution in [1.29, 1.82) is 5.26 Å².